The molecule has 1 aromatic carbocycles. The lowest BCUT2D eigenvalue weighted by Gasteiger charge is -2.10. The maximum absolute atomic E-state index is 12.2. The molecule has 0 fully saturated rings. The molecule has 0 aliphatic rings. The van der Waals surface area contributed by atoms with Crippen molar-refractivity contribution in [1.29, 1.82) is 0 Å². The highest BCUT2D eigenvalue weighted by Gasteiger charge is 2.10. The second-order valence-corrected chi connectivity index (χ2v) is 4.09. The van der Waals surface area contributed by atoms with E-state index < -0.39 is 0 Å². The summed E-state index contributed by atoms with van der Waals surface area (Å²) in [6.07, 6.45) is 5.04. The number of hydrogen-bond donors (Lipinski definition) is 1. The van der Waals surface area contributed by atoms with Crippen LogP contribution in [0.25, 0.3) is 16.6 Å². The first-order valence-corrected chi connectivity index (χ1v) is 5.90. The molecular formula is C13H12N4O2. The molecule has 0 unspecified atom stereocenters. The van der Waals surface area contributed by atoms with Crippen LogP contribution in [-0.2, 0) is 6.54 Å². The molecule has 19 heavy (non-hydrogen) atoms. The zero-order chi connectivity index (χ0) is 13.2. The summed E-state index contributed by atoms with van der Waals surface area (Å²) >= 11 is 0. The van der Waals surface area contributed by atoms with Crippen LogP contribution in [0.3, 0.4) is 0 Å². The van der Waals surface area contributed by atoms with Gasteiger partial charge < -0.3 is 5.11 Å². The highest BCUT2D eigenvalue weighted by Crippen LogP contribution is 2.16. The lowest BCUT2D eigenvalue weighted by Crippen LogP contribution is -2.26. The molecule has 6 nitrogen and oxygen atoms in total. The molecule has 0 saturated heterocycles. The Labute approximate surface area is 108 Å². The fraction of sp³-hybridized carbons (Fsp3) is 0.154. The van der Waals surface area contributed by atoms with Crippen molar-refractivity contribution < 1.29 is 5.11 Å². The molecule has 3 rings (SSSR count). The summed E-state index contributed by atoms with van der Waals surface area (Å²) in [5, 5.41) is 14.7. The van der Waals surface area contributed by atoms with Crippen LogP contribution < -0.4 is 5.56 Å². The minimum Gasteiger partial charge on any atom is -0.394 e. The molecule has 0 saturated carbocycles. The lowest BCUT2D eigenvalue weighted by atomic mass is 10.2. The van der Waals surface area contributed by atoms with Crippen LogP contribution in [0.1, 0.15) is 0 Å². The first-order chi connectivity index (χ1) is 9.31. The summed E-state index contributed by atoms with van der Waals surface area (Å²) in [5.41, 5.74) is -0.200. The van der Waals surface area contributed by atoms with Gasteiger partial charge in [0.1, 0.15) is 6.33 Å². The quantitative estimate of drug-likeness (QED) is 0.743. The lowest BCUT2D eigenvalue weighted by molar-refractivity contribution is 0.266. The van der Waals surface area contributed by atoms with Crippen molar-refractivity contribution in [2.24, 2.45) is 0 Å². The minimum atomic E-state index is -0.200. The summed E-state index contributed by atoms with van der Waals surface area (Å²) in [6, 6.07) is 7.28. The summed E-state index contributed by atoms with van der Waals surface area (Å²) < 4.78 is 3.02. The number of fused-ring (bicyclic) bond motifs is 1. The molecule has 0 aliphatic carbocycles. The van der Waals surface area contributed by atoms with Gasteiger partial charge in [0.2, 0.25) is 0 Å². The molecule has 1 N–H and O–H groups in total. The predicted octanol–water partition coefficient (Wildman–Crippen LogP) is 0.574. The van der Waals surface area contributed by atoms with Crippen LogP contribution in [0.2, 0.25) is 0 Å². The van der Waals surface area contributed by atoms with Crippen molar-refractivity contribution in [1.82, 2.24) is 19.3 Å². The molecule has 2 heterocycles. The van der Waals surface area contributed by atoms with Crippen molar-refractivity contribution in [2.75, 3.05) is 6.61 Å². The molecule has 2 aromatic heterocycles. The van der Waals surface area contributed by atoms with Gasteiger partial charge in [-0.3, -0.25) is 9.36 Å². The Morgan fingerprint density at radius 2 is 2.00 bits per heavy atom. The van der Waals surface area contributed by atoms with Gasteiger partial charge in [-0.1, -0.05) is 18.2 Å². The zero-order valence-corrected chi connectivity index (χ0v) is 10.1. The maximum atomic E-state index is 12.2. The van der Waals surface area contributed by atoms with Gasteiger partial charge in [0.05, 0.1) is 18.5 Å². The highest BCUT2D eigenvalue weighted by molar-refractivity contribution is 5.87. The molecular weight excluding hydrogens is 244 g/mol. The number of imidazole rings is 1. The van der Waals surface area contributed by atoms with E-state index in [0.29, 0.717) is 11.2 Å². The van der Waals surface area contributed by atoms with Crippen LogP contribution in [0, 0.1) is 0 Å². The second-order valence-electron chi connectivity index (χ2n) is 4.09. The normalized spacial score (nSPS) is 11.0. The number of aromatic nitrogens is 4. The fourth-order valence-corrected chi connectivity index (χ4v) is 2.04. The molecule has 96 valence electrons. The number of nitrogens with zero attached hydrogens (tertiary/aromatic N) is 4. The van der Waals surface area contributed by atoms with Gasteiger partial charge in [0.15, 0.2) is 5.82 Å². The van der Waals surface area contributed by atoms with Gasteiger partial charge in [0.25, 0.3) is 5.56 Å². The van der Waals surface area contributed by atoms with E-state index in [0.717, 1.165) is 5.39 Å². The average molecular weight is 256 g/mol. The highest BCUT2D eigenvalue weighted by atomic mass is 16.3. The Hall–Kier alpha value is -2.47. The van der Waals surface area contributed by atoms with Crippen LogP contribution in [0.5, 0.6) is 0 Å². The zero-order valence-electron chi connectivity index (χ0n) is 10.1. The Kier molecular flexibility index (Phi) is 2.85. The van der Waals surface area contributed by atoms with Gasteiger partial charge in [-0.15, -0.1) is 0 Å². The Balaban J connectivity index is 2.37. The summed E-state index contributed by atoms with van der Waals surface area (Å²) in [7, 11) is 0. The van der Waals surface area contributed by atoms with Crippen molar-refractivity contribution in [3.8, 4) is 5.82 Å². The second kappa shape index (κ2) is 4.66. The molecule has 0 spiro atoms. The van der Waals surface area contributed by atoms with Crippen LogP contribution >= 0.6 is 0 Å². The number of benzene rings is 1. The van der Waals surface area contributed by atoms with Crippen molar-refractivity contribution >= 4 is 10.8 Å². The molecule has 0 bridgehead atoms. The molecule has 0 aliphatic heterocycles. The fourth-order valence-electron chi connectivity index (χ4n) is 2.04. The van der Waals surface area contributed by atoms with E-state index in [4.69, 9.17) is 5.11 Å². The smallest absolute Gasteiger partial charge is 0.274 e. The Morgan fingerprint density at radius 1 is 1.21 bits per heavy atom. The van der Waals surface area contributed by atoms with Gasteiger partial charge in [-0.25, -0.2) is 9.67 Å². The van der Waals surface area contributed by atoms with Crippen molar-refractivity contribution in [3.05, 3.63) is 53.3 Å². The number of aliphatic hydroxyl groups excluding tert-OH is 1. The van der Waals surface area contributed by atoms with Crippen molar-refractivity contribution in [3.63, 3.8) is 0 Å². The third kappa shape index (κ3) is 1.92. The van der Waals surface area contributed by atoms with Gasteiger partial charge in [-0.05, 0) is 6.07 Å². The SMILES string of the molecule is O=c1c2ccccc2c(-n2ccnc2)nn1CCO. The molecule has 6 heteroatoms. The van der Waals surface area contributed by atoms with E-state index in [1.165, 1.54) is 4.68 Å². The summed E-state index contributed by atoms with van der Waals surface area (Å²) in [5.74, 6) is 0.626. The van der Waals surface area contributed by atoms with Crippen LogP contribution in [-0.4, -0.2) is 31.0 Å². The summed E-state index contributed by atoms with van der Waals surface area (Å²) in [6.45, 7) is 0.0416. The molecule has 0 radical (unpaired) electrons. The van der Waals surface area contributed by atoms with E-state index in [1.807, 2.05) is 18.2 Å². The molecule has 0 atom stereocenters. The van der Waals surface area contributed by atoms with Gasteiger partial charge in [-0.2, -0.15) is 5.10 Å². The van der Waals surface area contributed by atoms with Crippen LogP contribution in [0.4, 0.5) is 0 Å². The first kappa shape index (κ1) is 11.6. The average Bonchev–Trinajstić information content (AvgIpc) is 2.96. The standard InChI is InChI=1S/C13H12N4O2/c18-8-7-17-13(19)11-4-2-1-3-10(11)12(15-17)16-6-5-14-9-16/h1-6,9,18H,7-8H2. The third-order valence-electron chi connectivity index (χ3n) is 2.91. The summed E-state index contributed by atoms with van der Waals surface area (Å²) in [4.78, 5) is 16.2. The minimum absolute atomic E-state index is 0.130. The van der Waals surface area contributed by atoms with E-state index in [-0.39, 0.29) is 18.7 Å². The van der Waals surface area contributed by atoms with Crippen LogP contribution in [0.15, 0.2) is 47.8 Å². The third-order valence-corrected chi connectivity index (χ3v) is 2.91. The first-order valence-electron chi connectivity index (χ1n) is 5.90. The van der Waals surface area contributed by atoms with E-state index in [2.05, 4.69) is 10.1 Å². The predicted molar refractivity (Wildman–Crippen MR) is 70.2 cm³/mol. The number of rotatable bonds is 3. The van der Waals surface area contributed by atoms with Crippen molar-refractivity contribution in [2.45, 2.75) is 6.54 Å². The maximum Gasteiger partial charge on any atom is 0.274 e. The van der Waals surface area contributed by atoms with E-state index >= 15 is 0 Å². The number of hydrogen-bond acceptors (Lipinski definition) is 4. The largest absolute Gasteiger partial charge is 0.394 e. The molecule has 0 amide bonds. The van der Waals surface area contributed by atoms with Gasteiger partial charge >= 0.3 is 0 Å². The van der Waals surface area contributed by atoms with E-state index in [9.17, 15) is 4.79 Å². The Bertz CT molecular complexity index is 762. The van der Waals surface area contributed by atoms with Gasteiger partial charge in [0, 0.05) is 17.8 Å². The molecule has 3 aromatic rings. The topological polar surface area (TPSA) is 72.9 Å². The monoisotopic (exact) mass is 256 g/mol. The van der Waals surface area contributed by atoms with E-state index in [1.54, 1.807) is 29.4 Å². The Morgan fingerprint density at radius 3 is 2.68 bits per heavy atom. The number of aliphatic hydroxyl groups is 1.